The van der Waals surface area contributed by atoms with Crippen LogP contribution in [0.1, 0.15) is 76.6 Å². The molecule has 1 aliphatic carbocycles. The number of hydrogen-bond donors (Lipinski definition) is 2. The van der Waals surface area contributed by atoms with Crippen molar-refractivity contribution in [2.45, 2.75) is 97.5 Å². The van der Waals surface area contributed by atoms with Crippen LogP contribution in [0, 0.1) is 13.8 Å². The van der Waals surface area contributed by atoms with E-state index in [0.29, 0.717) is 12.2 Å². The average molecular weight is 492 g/mol. The van der Waals surface area contributed by atoms with Gasteiger partial charge in [-0.05, 0) is 96.4 Å². The molecule has 1 saturated carbocycles. The van der Waals surface area contributed by atoms with E-state index < -0.39 is 23.8 Å². The van der Waals surface area contributed by atoms with Crippen molar-refractivity contribution in [1.82, 2.24) is 15.5 Å². The van der Waals surface area contributed by atoms with Crippen LogP contribution in [0.15, 0.2) is 18.2 Å². The Kier molecular flexibility index (Phi) is 9.85. The van der Waals surface area contributed by atoms with Crippen LogP contribution in [0.2, 0.25) is 0 Å². The van der Waals surface area contributed by atoms with Crippen LogP contribution in [0.3, 0.4) is 0 Å². The van der Waals surface area contributed by atoms with E-state index >= 15 is 0 Å². The SMILES string of the molecule is CSCCC(NC(=O)OC(C)(C)C)C(=O)N(C1CC1)C(C(=O)NC(C)C)c1cccc(C)c1C. The van der Waals surface area contributed by atoms with Crippen molar-refractivity contribution in [3.8, 4) is 0 Å². The molecule has 0 aliphatic heterocycles. The van der Waals surface area contributed by atoms with Crippen LogP contribution in [-0.4, -0.2) is 58.5 Å². The largest absolute Gasteiger partial charge is 0.444 e. The van der Waals surface area contributed by atoms with Gasteiger partial charge in [0.05, 0.1) is 0 Å². The van der Waals surface area contributed by atoms with E-state index in [2.05, 4.69) is 10.6 Å². The molecule has 7 nitrogen and oxygen atoms in total. The molecule has 190 valence electrons. The number of benzene rings is 1. The molecule has 8 heteroatoms. The summed E-state index contributed by atoms with van der Waals surface area (Å²) in [5, 5.41) is 5.80. The van der Waals surface area contributed by atoms with Crippen molar-refractivity contribution in [3.05, 3.63) is 34.9 Å². The molecule has 3 amide bonds. The van der Waals surface area contributed by atoms with Gasteiger partial charge in [-0.1, -0.05) is 18.2 Å². The summed E-state index contributed by atoms with van der Waals surface area (Å²) in [6, 6.07) is 4.21. The first-order valence-electron chi connectivity index (χ1n) is 12.0. The molecule has 2 N–H and O–H groups in total. The fraction of sp³-hybridized carbons (Fsp3) is 0.654. The Morgan fingerprint density at radius 3 is 2.32 bits per heavy atom. The Hall–Kier alpha value is -2.22. The molecule has 0 saturated heterocycles. The maximum absolute atomic E-state index is 14.0. The zero-order chi connectivity index (χ0) is 25.6. The van der Waals surface area contributed by atoms with Gasteiger partial charge in [-0.3, -0.25) is 9.59 Å². The summed E-state index contributed by atoms with van der Waals surface area (Å²) in [6.45, 7) is 13.2. The summed E-state index contributed by atoms with van der Waals surface area (Å²) in [7, 11) is 0. The van der Waals surface area contributed by atoms with Crippen molar-refractivity contribution in [1.29, 1.82) is 0 Å². The van der Waals surface area contributed by atoms with Gasteiger partial charge in [-0.25, -0.2) is 4.79 Å². The molecular weight excluding hydrogens is 450 g/mol. The third kappa shape index (κ3) is 7.93. The third-order valence-electron chi connectivity index (χ3n) is 5.69. The smallest absolute Gasteiger partial charge is 0.408 e. The monoisotopic (exact) mass is 491 g/mol. The molecule has 1 aromatic rings. The molecule has 2 atom stereocenters. The average Bonchev–Trinajstić information content (AvgIpc) is 3.54. The number of aryl methyl sites for hydroxylation is 1. The van der Waals surface area contributed by atoms with Crippen molar-refractivity contribution in [2.24, 2.45) is 0 Å². The predicted octanol–water partition coefficient (Wildman–Crippen LogP) is 4.51. The summed E-state index contributed by atoms with van der Waals surface area (Å²) in [5.74, 6) is 0.244. The molecule has 2 rings (SSSR count). The highest BCUT2D eigenvalue weighted by atomic mass is 32.2. The molecule has 0 aromatic heterocycles. The topological polar surface area (TPSA) is 87.7 Å². The minimum Gasteiger partial charge on any atom is -0.444 e. The molecule has 0 bridgehead atoms. The number of carbonyl (C=O) groups excluding carboxylic acids is 3. The standard InChI is InChI=1S/C26H41N3O4S/c1-16(2)27-23(30)22(20-11-9-10-17(3)18(20)4)29(19-12-13-19)24(31)21(14-15-34-8)28-25(32)33-26(5,6)7/h9-11,16,19,21-22H,12-15H2,1-8H3,(H,27,30)(H,28,32). The fourth-order valence-corrected chi connectivity index (χ4v) is 4.32. The van der Waals surface area contributed by atoms with Crippen molar-refractivity contribution < 1.29 is 19.1 Å². The number of nitrogens with one attached hydrogen (secondary N) is 2. The van der Waals surface area contributed by atoms with Crippen molar-refractivity contribution in [3.63, 3.8) is 0 Å². The van der Waals surface area contributed by atoms with Crippen LogP contribution >= 0.6 is 11.8 Å². The maximum Gasteiger partial charge on any atom is 0.408 e. The summed E-state index contributed by atoms with van der Waals surface area (Å²) >= 11 is 1.61. The summed E-state index contributed by atoms with van der Waals surface area (Å²) < 4.78 is 5.43. The quantitative estimate of drug-likeness (QED) is 0.503. The molecule has 0 radical (unpaired) electrons. The molecule has 0 heterocycles. The minimum absolute atomic E-state index is 0.0347. The molecule has 0 spiro atoms. The lowest BCUT2D eigenvalue weighted by molar-refractivity contribution is -0.143. The van der Waals surface area contributed by atoms with Gasteiger partial charge in [0.2, 0.25) is 11.8 Å². The number of ether oxygens (including phenoxy) is 1. The Morgan fingerprint density at radius 2 is 1.79 bits per heavy atom. The normalized spacial score (nSPS) is 15.4. The molecule has 1 aromatic carbocycles. The Balaban J connectivity index is 2.47. The van der Waals surface area contributed by atoms with Gasteiger partial charge in [0, 0.05) is 12.1 Å². The predicted molar refractivity (Wildman–Crippen MR) is 138 cm³/mol. The van der Waals surface area contributed by atoms with Gasteiger partial charge in [0.15, 0.2) is 0 Å². The van der Waals surface area contributed by atoms with Gasteiger partial charge in [0.25, 0.3) is 0 Å². The first-order valence-corrected chi connectivity index (χ1v) is 13.4. The second-order valence-corrected chi connectivity index (χ2v) is 11.3. The fourth-order valence-electron chi connectivity index (χ4n) is 3.84. The lowest BCUT2D eigenvalue weighted by Crippen LogP contribution is -2.54. The van der Waals surface area contributed by atoms with Crippen LogP contribution < -0.4 is 10.6 Å². The molecule has 2 unspecified atom stereocenters. The van der Waals surface area contributed by atoms with Gasteiger partial charge in [-0.2, -0.15) is 11.8 Å². The zero-order valence-corrected chi connectivity index (χ0v) is 22.7. The Bertz CT molecular complexity index is 877. The van der Waals surface area contributed by atoms with E-state index in [0.717, 1.165) is 29.5 Å². The summed E-state index contributed by atoms with van der Waals surface area (Å²) in [4.78, 5) is 41.8. The van der Waals surface area contributed by atoms with Crippen molar-refractivity contribution >= 4 is 29.7 Å². The first kappa shape index (κ1) is 28.0. The van der Waals surface area contributed by atoms with Crippen LogP contribution in [0.4, 0.5) is 4.79 Å². The van der Waals surface area contributed by atoms with Gasteiger partial charge in [-0.15, -0.1) is 0 Å². The first-order chi connectivity index (χ1) is 15.9. The minimum atomic E-state index is -0.776. The highest BCUT2D eigenvalue weighted by Crippen LogP contribution is 2.37. The lowest BCUT2D eigenvalue weighted by atomic mass is 9.94. The second kappa shape index (κ2) is 12.0. The number of carbonyl (C=O) groups is 3. The highest BCUT2D eigenvalue weighted by Gasteiger charge is 2.44. The number of nitrogens with zero attached hydrogens (tertiary/aromatic N) is 1. The van der Waals surface area contributed by atoms with E-state index in [9.17, 15) is 14.4 Å². The molecular formula is C26H41N3O4S. The van der Waals surface area contributed by atoms with Crippen molar-refractivity contribution in [2.75, 3.05) is 12.0 Å². The number of thioether (sulfide) groups is 1. The van der Waals surface area contributed by atoms with E-state index in [1.165, 1.54) is 0 Å². The molecule has 1 aliphatic rings. The molecule has 1 fully saturated rings. The van der Waals surface area contributed by atoms with Crippen LogP contribution in [-0.2, 0) is 14.3 Å². The zero-order valence-electron chi connectivity index (χ0n) is 21.9. The Morgan fingerprint density at radius 1 is 1.15 bits per heavy atom. The summed E-state index contributed by atoms with van der Waals surface area (Å²) in [5.41, 5.74) is 2.20. The van der Waals surface area contributed by atoms with E-state index in [1.54, 1.807) is 37.4 Å². The number of hydrogen-bond acceptors (Lipinski definition) is 5. The van der Waals surface area contributed by atoms with E-state index in [4.69, 9.17) is 4.74 Å². The van der Waals surface area contributed by atoms with Gasteiger partial charge < -0.3 is 20.3 Å². The van der Waals surface area contributed by atoms with Crippen LogP contribution in [0.25, 0.3) is 0 Å². The Labute approximate surface area is 208 Å². The lowest BCUT2D eigenvalue weighted by Gasteiger charge is -2.36. The number of alkyl carbamates (subject to hydrolysis) is 1. The maximum atomic E-state index is 14.0. The third-order valence-corrected chi connectivity index (χ3v) is 6.34. The summed E-state index contributed by atoms with van der Waals surface area (Å²) in [6.07, 6.45) is 3.46. The van der Waals surface area contributed by atoms with E-state index in [1.807, 2.05) is 52.1 Å². The number of rotatable bonds is 10. The van der Waals surface area contributed by atoms with Crippen LogP contribution in [0.5, 0.6) is 0 Å². The molecule has 34 heavy (non-hydrogen) atoms. The van der Waals surface area contributed by atoms with E-state index in [-0.39, 0.29) is 23.9 Å². The van der Waals surface area contributed by atoms with Gasteiger partial charge >= 0.3 is 6.09 Å². The second-order valence-electron chi connectivity index (χ2n) is 10.3. The number of amides is 3. The van der Waals surface area contributed by atoms with Gasteiger partial charge in [0.1, 0.15) is 17.7 Å². The highest BCUT2D eigenvalue weighted by molar-refractivity contribution is 7.98.